The average molecular weight is 231 g/mol. The summed E-state index contributed by atoms with van der Waals surface area (Å²) >= 11 is 0. The lowest BCUT2D eigenvalue weighted by Crippen LogP contribution is -2.38. The monoisotopic (exact) mass is 231 g/mol. The predicted octanol–water partition coefficient (Wildman–Crippen LogP) is 4.29. The molecule has 0 aliphatic carbocycles. The van der Waals surface area contributed by atoms with E-state index in [-0.39, 0.29) is 0 Å². The number of hydrogen-bond donors (Lipinski definition) is 0. The summed E-state index contributed by atoms with van der Waals surface area (Å²) in [4.78, 5) is 2.54. The molecule has 1 aliphatic rings. The third kappa shape index (κ3) is 3.02. The van der Waals surface area contributed by atoms with Gasteiger partial charge in [-0.2, -0.15) is 0 Å². The molecule has 1 aromatic carbocycles. The van der Waals surface area contributed by atoms with Crippen molar-refractivity contribution >= 4 is 5.69 Å². The highest BCUT2D eigenvalue weighted by molar-refractivity contribution is 5.48. The van der Waals surface area contributed by atoms with E-state index in [9.17, 15) is 0 Å². The zero-order valence-corrected chi connectivity index (χ0v) is 11.6. The number of hydrogen-bond acceptors (Lipinski definition) is 1. The lowest BCUT2D eigenvalue weighted by atomic mass is 9.91. The summed E-state index contributed by atoms with van der Waals surface area (Å²) < 4.78 is 0. The Hall–Kier alpha value is -0.980. The molecule has 1 heterocycles. The Bertz CT molecular complexity index is 342. The van der Waals surface area contributed by atoms with E-state index in [2.05, 4.69) is 56.9 Å². The summed E-state index contributed by atoms with van der Waals surface area (Å²) in [5, 5.41) is 0. The maximum atomic E-state index is 2.54. The first-order chi connectivity index (χ1) is 8.06. The molecule has 0 radical (unpaired) electrons. The predicted molar refractivity (Wildman–Crippen MR) is 75.7 cm³/mol. The van der Waals surface area contributed by atoms with Gasteiger partial charge in [0.05, 0.1) is 0 Å². The van der Waals surface area contributed by atoms with Gasteiger partial charge in [0.2, 0.25) is 0 Å². The van der Waals surface area contributed by atoms with Crippen molar-refractivity contribution < 1.29 is 0 Å². The molecule has 1 fully saturated rings. The largest absolute Gasteiger partial charge is 0.371 e. The lowest BCUT2D eigenvalue weighted by molar-refractivity contribution is 0.357. The van der Waals surface area contributed by atoms with Crippen molar-refractivity contribution in [1.82, 2.24) is 0 Å². The molecule has 1 saturated heterocycles. The number of rotatable bonds is 2. The van der Waals surface area contributed by atoms with Crippen LogP contribution in [-0.2, 0) is 0 Å². The Morgan fingerprint density at radius 2 is 1.53 bits per heavy atom. The van der Waals surface area contributed by atoms with Crippen LogP contribution in [0.4, 0.5) is 5.69 Å². The van der Waals surface area contributed by atoms with Crippen molar-refractivity contribution in [2.45, 2.75) is 40.0 Å². The highest BCUT2D eigenvalue weighted by atomic mass is 15.1. The maximum absolute atomic E-state index is 2.54. The number of nitrogens with zero attached hydrogens (tertiary/aromatic N) is 1. The first-order valence-corrected chi connectivity index (χ1v) is 6.91. The average Bonchev–Trinajstić information content (AvgIpc) is 2.28. The molecule has 1 nitrogen and oxygen atoms in total. The van der Waals surface area contributed by atoms with Gasteiger partial charge < -0.3 is 4.90 Å². The fraction of sp³-hybridized carbons (Fsp3) is 0.625. The second-order valence-corrected chi connectivity index (χ2v) is 6.10. The van der Waals surface area contributed by atoms with Gasteiger partial charge in [0.25, 0.3) is 0 Å². The molecule has 0 bridgehead atoms. The Balaban J connectivity index is 2.11. The van der Waals surface area contributed by atoms with Crippen LogP contribution in [0.3, 0.4) is 0 Å². The molecule has 1 aliphatic heterocycles. The minimum Gasteiger partial charge on any atom is -0.371 e. The molecular formula is C16H25N. The van der Waals surface area contributed by atoms with Crippen LogP contribution in [0.5, 0.6) is 0 Å². The smallest absolute Gasteiger partial charge is 0.0366 e. The van der Waals surface area contributed by atoms with Crippen molar-refractivity contribution in [3.8, 4) is 0 Å². The van der Waals surface area contributed by atoms with E-state index in [4.69, 9.17) is 0 Å². The van der Waals surface area contributed by atoms with Gasteiger partial charge in [-0.05, 0) is 41.9 Å². The van der Waals surface area contributed by atoms with E-state index in [1.165, 1.54) is 30.8 Å². The molecule has 0 amide bonds. The first kappa shape index (κ1) is 12.5. The Kier molecular flexibility index (Phi) is 3.76. The second-order valence-electron chi connectivity index (χ2n) is 6.10. The molecule has 94 valence electrons. The Labute approximate surface area is 106 Å². The van der Waals surface area contributed by atoms with Crippen LogP contribution >= 0.6 is 0 Å². The summed E-state index contributed by atoms with van der Waals surface area (Å²) in [6.45, 7) is 11.7. The van der Waals surface area contributed by atoms with Gasteiger partial charge in [0.1, 0.15) is 0 Å². The van der Waals surface area contributed by atoms with E-state index < -0.39 is 0 Å². The maximum Gasteiger partial charge on any atom is 0.0366 e. The zero-order chi connectivity index (χ0) is 12.4. The van der Waals surface area contributed by atoms with Crippen LogP contribution in [0.25, 0.3) is 0 Å². The van der Waals surface area contributed by atoms with Gasteiger partial charge in [-0.1, -0.05) is 39.8 Å². The Morgan fingerprint density at radius 3 is 2.00 bits per heavy atom. The summed E-state index contributed by atoms with van der Waals surface area (Å²) in [6.07, 6.45) is 1.38. The van der Waals surface area contributed by atoms with Crippen LogP contribution in [-0.4, -0.2) is 13.1 Å². The highest BCUT2D eigenvalue weighted by Gasteiger charge is 2.21. The molecule has 0 saturated carbocycles. The highest BCUT2D eigenvalue weighted by Crippen LogP contribution is 2.27. The minimum absolute atomic E-state index is 0.628. The molecule has 0 spiro atoms. The molecule has 0 aromatic heterocycles. The van der Waals surface area contributed by atoms with E-state index in [0.29, 0.717) is 5.92 Å². The molecule has 1 heteroatoms. The standard InChI is InChI=1S/C16H25N/c1-12(2)15-5-7-16(8-6-15)17-10-13(3)9-14(4)11-17/h5-8,12-14H,9-11H2,1-4H3/t13-,14-/m0/s1. The molecular weight excluding hydrogens is 206 g/mol. The SMILES string of the molecule is CC(C)c1ccc(N2C[C@@H](C)C[C@H](C)C2)cc1. The molecule has 1 aromatic rings. The number of piperidine rings is 1. The van der Waals surface area contributed by atoms with Gasteiger partial charge in [-0.25, -0.2) is 0 Å². The van der Waals surface area contributed by atoms with Crippen molar-refractivity contribution in [2.75, 3.05) is 18.0 Å². The number of anilines is 1. The van der Waals surface area contributed by atoms with Crippen molar-refractivity contribution in [1.29, 1.82) is 0 Å². The first-order valence-electron chi connectivity index (χ1n) is 6.91. The van der Waals surface area contributed by atoms with Gasteiger partial charge in [0.15, 0.2) is 0 Å². The quantitative estimate of drug-likeness (QED) is 0.734. The number of benzene rings is 1. The van der Waals surface area contributed by atoms with Crippen LogP contribution in [0, 0.1) is 11.8 Å². The van der Waals surface area contributed by atoms with Gasteiger partial charge in [0, 0.05) is 18.8 Å². The lowest BCUT2D eigenvalue weighted by Gasteiger charge is -2.36. The van der Waals surface area contributed by atoms with Gasteiger partial charge >= 0.3 is 0 Å². The fourth-order valence-corrected chi connectivity index (χ4v) is 2.94. The second kappa shape index (κ2) is 5.12. The Morgan fingerprint density at radius 1 is 1.00 bits per heavy atom. The van der Waals surface area contributed by atoms with Crippen molar-refractivity contribution in [3.05, 3.63) is 29.8 Å². The van der Waals surface area contributed by atoms with Gasteiger partial charge in [-0.15, -0.1) is 0 Å². The van der Waals surface area contributed by atoms with Crippen molar-refractivity contribution in [3.63, 3.8) is 0 Å². The third-order valence-electron chi connectivity index (χ3n) is 3.79. The van der Waals surface area contributed by atoms with Crippen LogP contribution < -0.4 is 4.90 Å². The molecule has 17 heavy (non-hydrogen) atoms. The summed E-state index contributed by atoms with van der Waals surface area (Å²) in [5.41, 5.74) is 2.83. The van der Waals surface area contributed by atoms with Crippen LogP contribution in [0.15, 0.2) is 24.3 Å². The summed E-state index contributed by atoms with van der Waals surface area (Å²) in [5.74, 6) is 2.27. The van der Waals surface area contributed by atoms with E-state index in [0.717, 1.165) is 11.8 Å². The topological polar surface area (TPSA) is 3.24 Å². The summed E-state index contributed by atoms with van der Waals surface area (Å²) in [6, 6.07) is 9.15. The minimum atomic E-state index is 0.628. The van der Waals surface area contributed by atoms with Crippen LogP contribution in [0.1, 0.15) is 45.6 Å². The van der Waals surface area contributed by atoms with Crippen LogP contribution in [0.2, 0.25) is 0 Å². The summed E-state index contributed by atoms with van der Waals surface area (Å²) in [7, 11) is 0. The molecule has 2 atom stereocenters. The molecule has 0 N–H and O–H groups in total. The van der Waals surface area contributed by atoms with Crippen molar-refractivity contribution in [2.24, 2.45) is 11.8 Å². The van der Waals surface area contributed by atoms with Gasteiger partial charge in [-0.3, -0.25) is 0 Å². The normalized spacial score (nSPS) is 25.4. The molecule has 0 unspecified atom stereocenters. The fourth-order valence-electron chi connectivity index (χ4n) is 2.94. The zero-order valence-electron chi connectivity index (χ0n) is 11.6. The van der Waals surface area contributed by atoms with E-state index in [1.54, 1.807) is 0 Å². The van der Waals surface area contributed by atoms with E-state index in [1.807, 2.05) is 0 Å². The van der Waals surface area contributed by atoms with E-state index >= 15 is 0 Å². The molecule has 2 rings (SSSR count). The third-order valence-corrected chi connectivity index (χ3v) is 3.79.